The van der Waals surface area contributed by atoms with E-state index < -0.39 is 29.7 Å². The molecule has 1 heterocycles. The molecule has 1 N–H and O–H groups in total. The van der Waals surface area contributed by atoms with E-state index in [2.05, 4.69) is 5.48 Å². The number of nitrogens with zero attached hydrogens (tertiary/aromatic N) is 1. The van der Waals surface area contributed by atoms with Crippen molar-refractivity contribution < 1.29 is 33.5 Å². The van der Waals surface area contributed by atoms with Crippen LogP contribution in [0.3, 0.4) is 0 Å². The third-order valence-corrected chi connectivity index (χ3v) is 5.66. The van der Waals surface area contributed by atoms with E-state index >= 15 is 0 Å². The molecule has 0 bridgehead atoms. The lowest BCUT2D eigenvalue weighted by Crippen LogP contribution is -2.38. The van der Waals surface area contributed by atoms with Gasteiger partial charge in [-0.05, 0) is 48.9 Å². The third-order valence-electron chi connectivity index (χ3n) is 5.66. The third kappa shape index (κ3) is 4.90. The largest absolute Gasteiger partial charge is 0.493 e. The molecule has 9 heteroatoms. The number of carbonyl (C=O) groups is 4. The molecule has 0 saturated carbocycles. The fourth-order valence-corrected chi connectivity index (χ4v) is 3.97. The van der Waals surface area contributed by atoms with Crippen LogP contribution < -0.4 is 15.0 Å². The van der Waals surface area contributed by atoms with E-state index in [9.17, 15) is 19.2 Å². The van der Waals surface area contributed by atoms with Crippen molar-refractivity contribution in [2.24, 2.45) is 0 Å². The topological polar surface area (TPSA) is 111 Å². The van der Waals surface area contributed by atoms with Crippen LogP contribution in [-0.4, -0.2) is 42.3 Å². The number of methoxy groups -OCH3 is 1. The molecule has 0 radical (unpaired) electrons. The normalized spacial score (nSPS) is 13.1. The number of rotatable bonds is 8. The molecule has 1 aliphatic heterocycles. The van der Waals surface area contributed by atoms with Crippen LogP contribution in [0.15, 0.2) is 72.8 Å². The first-order valence-corrected chi connectivity index (χ1v) is 11.3. The highest BCUT2D eigenvalue weighted by atomic mass is 16.7. The molecule has 0 fully saturated rings. The summed E-state index contributed by atoms with van der Waals surface area (Å²) >= 11 is 0. The molecule has 0 saturated heterocycles. The van der Waals surface area contributed by atoms with Crippen molar-refractivity contribution in [3.63, 3.8) is 0 Å². The summed E-state index contributed by atoms with van der Waals surface area (Å²) in [5, 5.41) is 0. The highest BCUT2D eigenvalue weighted by Crippen LogP contribution is 2.37. The van der Waals surface area contributed by atoms with Gasteiger partial charge in [-0.25, -0.2) is 4.79 Å². The molecule has 3 aromatic rings. The van der Waals surface area contributed by atoms with Crippen LogP contribution in [0.25, 0.3) is 0 Å². The van der Waals surface area contributed by atoms with Crippen LogP contribution >= 0.6 is 0 Å². The number of hydrogen-bond donors (Lipinski definition) is 1. The fourth-order valence-electron chi connectivity index (χ4n) is 3.97. The average Bonchev–Trinajstić information content (AvgIpc) is 3.16. The number of hydrogen-bond acceptors (Lipinski definition) is 7. The highest BCUT2D eigenvalue weighted by molar-refractivity contribution is 6.21. The molecule has 0 aliphatic carbocycles. The van der Waals surface area contributed by atoms with Crippen molar-refractivity contribution in [2.45, 2.75) is 19.4 Å². The summed E-state index contributed by atoms with van der Waals surface area (Å²) in [6, 6.07) is 18.5. The molecule has 4 rings (SSSR count). The smallest absolute Gasteiger partial charge is 0.362 e. The molecule has 3 aromatic carbocycles. The lowest BCUT2D eigenvalue weighted by Gasteiger charge is -2.27. The summed E-state index contributed by atoms with van der Waals surface area (Å²) in [4.78, 5) is 57.5. The maximum atomic E-state index is 13.2. The van der Waals surface area contributed by atoms with Gasteiger partial charge in [0.1, 0.15) is 0 Å². The van der Waals surface area contributed by atoms with E-state index in [1.165, 1.54) is 7.11 Å². The van der Waals surface area contributed by atoms with E-state index in [0.29, 0.717) is 23.7 Å². The quantitative estimate of drug-likeness (QED) is 0.380. The Kier molecular flexibility index (Phi) is 7.29. The van der Waals surface area contributed by atoms with Crippen molar-refractivity contribution in [1.82, 2.24) is 10.4 Å². The van der Waals surface area contributed by atoms with Gasteiger partial charge in [-0.3, -0.25) is 19.3 Å². The molecule has 9 nitrogen and oxygen atoms in total. The predicted molar refractivity (Wildman–Crippen MR) is 128 cm³/mol. The van der Waals surface area contributed by atoms with Crippen molar-refractivity contribution in [1.29, 1.82) is 0 Å². The first kappa shape index (κ1) is 24.5. The average molecular weight is 488 g/mol. The Morgan fingerprint density at radius 2 is 1.53 bits per heavy atom. The van der Waals surface area contributed by atoms with E-state index in [4.69, 9.17) is 14.3 Å². The zero-order valence-corrected chi connectivity index (χ0v) is 19.7. The second-order valence-electron chi connectivity index (χ2n) is 7.87. The Balaban J connectivity index is 1.62. The number of imide groups is 1. The number of nitrogens with one attached hydrogen (secondary N) is 1. The van der Waals surface area contributed by atoms with E-state index in [1.807, 2.05) is 6.92 Å². The number of ether oxygens (including phenoxy) is 2. The second kappa shape index (κ2) is 10.7. The summed E-state index contributed by atoms with van der Waals surface area (Å²) in [5.41, 5.74) is 3.35. The predicted octanol–water partition coefficient (Wildman–Crippen LogP) is 3.71. The summed E-state index contributed by atoms with van der Waals surface area (Å²) in [6.07, 6.45) is -0.356. The molecular formula is C27H24N2O7. The molecule has 184 valence electrons. The first-order chi connectivity index (χ1) is 17.4. The lowest BCUT2D eigenvalue weighted by molar-refractivity contribution is -0.130. The van der Waals surface area contributed by atoms with Crippen LogP contribution in [0.5, 0.6) is 11.5 Å². The van der Waals surface area contributed by atoms with Gasteiger partial charge in [0, 0.05) is 0 Å². The Hall–Kier alpha value is -4.66. The van der Waals surface area contributed by atoms with Gasteiger partial charge in [0.05, 0.1) is 42.9 Å². The fraction of sp³-hybridized carbons (Fsp3) is 0.185. The van der Waals surface area contributed by atoms with Crippen molar-refractivity contribution in [3.05, 3.63) is 95.1 Å². The van der Waals surface area contributed by atoms with Gasteiger partial charge in [-0.2, -0.15) is 5.48 Å². The minimum Gasteiger partial charge on any atom is -0.493 e. The monoisotopic (exact) mass is 488 g/mol. The standard InChI is InChI=1S/C27H24N2O7/c1-3-35-23-15-18(13-14-22(23)34-2)21(29-25(31)19-11-7-8-12-20(19)26(29)32)16-24(30)28-36-27(33)17-9-5-4-6-10-17/h4-15,21H,3,16H2,1-2H3,(H,28,30)/t21-/m0/s1. The maximum absolute atomic E-state index is 13.2. The number of amides is 3. The van der Waals surface area contributed by atoms with Gasteiger partial charge in [-0.15, -0.1) is 0 Å². The summed E-state index contributed by atoms with van der Waals surface area (Å²) in [6.45, 7) is 2.16. The Morgan fingerprint density at radius 3 is 2.14 bits per heavy atom. The van der Waals surface area contributed by atoms with E-state index in [-0.39, 0.29) is 23.1 Å². The van der Waals surface area contributed by atoms with Crippen molar-refractivity contribution in [3.8, 4) is 11.5 Å². The number of carbonyl (C=O) groups excluding carboxylic acids is 4. The Morgan fingerprint density at radius 1 is 0.889 bits per heavy atom. The second-order valence-corrected chi connectivity index (χ2v) is 7.87. The zero-order chi connectivity index (χ0) is 25.7. The molecular weight excluding hydrogens is 464 g/mol. The maximum Gasteiger partial charge on any atom is 0.362 e. The van der Waals surface area contributed by atoms with Gasteiger partial charge in [0.25, 0.3) is 17.7 Å². The number of fused-ring (bicyclic) bond motifs is 1. The van der Waals surface area contributed by atoms with Crippen molar-refractivity contribution >= 4 is 23.7 Å². The molecule has 36 heavy (non-hydrogen) atoms. The Labute approximate surface area is 207 Å². The number of benzene rings is 3. The molecule has 1 atom stereocenters. The Bertz CT molecular complexity index is 1270. The zero-order valence-electron chi connectivity index (χ0n) is 19.7. The molecule has 0 unspecified atom stereocenters. The summed E-state index contributed by atoms with van der Waals surface area (Å²) in [7, 11) is 1.49. The highest BCUT2D eigenvalue weighted by Gasteiger charge is 2.41. The van der Waals surface area contributed by atoms with Crippen molar-refractivity contribution in [2.75, 3.05) is 13.7 Å². The molecule has 0 spiro atoms. The van der Waals surface area contributed by atoms with Crippen LogP contribution in [-0.2, 0) is 9.63 Å². The minimum absolute atomic E-state index is 0.252. The SMILES string of the molecule is CCOc1cc([C@H](CC(=O)NOC(=O)c2ccccc2)N2C(=O)c3ccccc3C2=O)ccc1OC. The van der Waals surface area contributed by atoms with Gasteiger partial charge < -0.3 is 14.3 Å². The summed E-state index contributed by atoms with van der Waals surface area (Å²) < 4.78 is 11.0. The lowest BCUT2D eigenvalue weighted by atomic mass is 10.0. The van der Waals surface area contributed by atoms with Crippen LogP contribution in [0, 0.1) is 0 Å². The molecule has 3 amide bonds. The van der Waals surface area contributed by atoms with Crippen LogP contribution in [0.2, 0.25) is 0 Å². The first-order valence-electron chi connectivity index (χ1n) is 11.3. The minimum atomic E-state index is -1.00. The van der Waals surface area contributed by atoms with Gasteiger partial charge >= 0.3 is 5.97 Å². The van der Waals surface area contributed by atoms with E-state index in [0.717, 1.165) is 4.90 Å². The van der Waals surface area contributed by atoms with Gasteiger partial charge in [0.2, 0.25) is 0 Å². The van der Waals surface area contributed by atoms with Gasteiger partial charge in [0.15, 0.2) is 11.5 Å². The van der Waals surface area contributed by atoms with Crippen LogP contribution in [0.1, 0.15) is 56.0 Å². The summed E-state index contributed by atoms with van der Waals surface area (Å²) in [5.74, 6) is -1.64. The van der Waals surface area contributed by atoms with Gasteiger partial charge in [-0.1, -0.05) is 36.4 Å². The molecule has 1 aliphatic rings. The molecule has 0 aromatic heterocycles. The van der Waals surface area contributed by atoms with E-state index in [1.54, 1.807) is 72.8 Å². The van der Waals surface area contributed by atoms with Crippen LogP contribution in [0.4, 0.5) is 0 Å². The number of hydroxylamine groups is 1.